The first kappa shape index (κ1) is 12.0. The van der Waals surface area contributed by atoms with Crippen molar-refractivity contribution in [1.29, 1.82) is 0 Å². The number of benzene rings is 1. The van der Waals surface area contributed by atoms with E-state index in [0.717, 1.165) is 12.8 Å². The highest BCUT2D eigenvalue weighted by molar-refractivity contribution is 7.89. The van der Waals surface area contributed by atoms with Crippen molar-refractivity contribution in [1.82, 2.24) is 4.31 Å². The van der Waals surface area contributed by atoms with Crippen LogP contribution in [-0.2, 0) is 10.0 Å². The Labute approximate surface area is 99.9 Å². The number of nitrogens with zero attached hydrogens (tertiary/aromatic N) is 1. The smallest absolute Gasteiger partial charge is 0.248 e. The number of rotatable bonds is 2. The molecular formula is C10H15N3O3S. The molecule has 7 heteroatoms. The SMILES string of the molecule is Nc1ccc(N)c(S(=O)(=O)N2CCCC2)c1O. The van der Waals surface area contributed by atoms with Gasteiger partial charge in [0.25, 0.3) is 0 Å². The molecule has 1 saturated heterocycles. The lowest BCUT2D eigenvalue weighted by molar-refractivity contribution is 0.446. The van der Waals surface area contributed by atoms with Gasteiger partial charge in [0.1, 0.15) is 4.90 Å². The lowest BCUT2D eigenvalue weighted by Gasteiger charge is -2.18. The maximum Gasteiger partial charge on any atom is 0.248 e. The van der Waals surface area contributed by atoms with Crippen LogP contribution in [0.3, 0.4) is 0 Å². The Morgan fingerprint density at radius 2 is 1.65 bits per heavy atom. The van der Waals surface area contributed by atoms with Crippen molar-refractivity contribution in [3.8, 4) is 5.75 Å². The Morgan fingerprint density at radius 1 is 1.12 bits per heavy atom. The van der Waals surface area contributed by atoms with Crippen LogP contribution < -0.4 is 11.5 Å². The van der Waals surface area contributed by atoms with Crippen molar-refractivity contribution in [3.05, 3.63) is 12.1 Å². The highest BCUT2D eigenvalue weighted by Crippen LogP contribution is 2.36. The number of aromatic hydroxyl groups is 1. The molecule has 0 saturated carbocycles. The van der Waals surface area contributed by atoms with E-state index >= 15 is 0 Å². The molecule has 1 aromatic rings. The highest BCUT2D eigenvalue weighted by atomic mass is 32.2. The minimum absolute atomic E-state index is 0.0111. The Morgan fingerprint density at radius 3 is 2.24 bits per heavy atom. The van der Waals surface area contributed by atoms with Gasteiger partial charge in [-0.05, 0) is 25.0 Å². The largest absolute Gasteiger partial charge is 0.504 e. The van der Waals surface area contributed by atoms with Crippen molar-refractivity contribution in [2.75, 3.05) is 24.6 Å². The van der Waals surface area contributed by atoms with Crippen LogP contribution in [0.5, 0.6) is 5.75 Å². The molecule has 0 aromatic heterocycles. The topological polar surface area (TPSA) is 110 Å². The summed E-state index contributed by atoms with van der Waals surface area (Å²) >= 11 is 0. The number of hydrogen-bond acceptors (Lipinski definition) is 5. The van der Waals surface area contributed by atoms with Crippen LogP contribution >= 0.6 is 0 Å². The zero-order chi connectivity index (χ0) is 12.6. The second kappa shape index (κ2) is 4.08. The van der Waals surface area contributed by atoms with E-state index in [2.05, 4.69) is 0 Å². The van der Waals surface area contributed by atoms with Crippen LogP contribution in [0.1, 0.15) is 12.8 Å². The van der Waals surface area contributed by atoms with Crippen LogP contribution in [0.4, 0.5) is 11.4 Å². The molecule has 0 atom stereocenters. The van der Waals surface area contributed by atoms with E-state index in [-0.39, 0.29) is 16.3 Å². The van der Waals surface area contributed by atoms with E-state index in [4.69, 9.17) is 11.5 Å². The lowest BCUT2D eigenvalue weighted by atomic mass is 10.2. The molecule has 17 heavy (non-hydrogen) atoms. The number of phenols is 1. The zero-order valence-electron chi connectivity index (χ0n) is 9.26. The highest BCUT2D eigenvalue weighted by Gasteiger charge is 2.32. The van der Waals surface area contributed by atoms with Crippen LogP contribution in [0.25, 0.3) is 0 Å². The summed E-state index contributed by atoms with van der Waals surface area (Å²) in [7, 11) is -3.74. The molecular weight excluding hydrogens is 242 g/mol. The molecule has 0 spiro atoms. The van der Waals surface area contributed by atoms with Gasteiger partial charge >= 0.3 is 0 Å². The van der Waals surface area contributed by atoms with Gasteiger partial charge in [-0.1, -0.05) is 0 Å². The monoisotopic (exact) mass is 257 g/mol. The van der Waals surface area contributed by atoms with Crippen LogP contribution in [0, 0.1) is 0 Å². The quantitative estimate of drug-likeness (QED) is 0.523. The van der Waals surface area contributed by atoms with Gasteiger partial charge in [0.15, 0.2) is 5.75 Å². The fourth-order valence-corrected chi connectivity index (χ4v) is 3.66. The zero-order valence-corrected chi connectivity index (χ0v) is 10.1. The summed E-state index contributed by atoms with van der Waals surface area (Å²) in [6, 6.07) is 2.77. The molecule has 0 amide bonds. The Balaban J connectivity index is 2.56. The molecule has 1 aromatic carbocycles. The standard InChI is InChI=1S/C10H15N3O3S/c11-7-3-4-8(12)10(9(7)14)17(15,16)13-5-1-2-6-13/h3-4,14H,1-2,5-6,11-12H2. The van der Waals surface area contributed by atoms with Gasteiger partial charge in [0, 0.05) is 13.1 Å². The van der Waals surface area contributed by atoms with Crippen LogP contribution in [0.2, 0.25) is 0 Å². The molecule has 0 bridgehead atoms. The molecule has 1 fully saturated rings. The van der Waals surface area contributed by atoms with Crippen molar-refractivity contribution in [3.63, 3.8) is 0 Å². The third-order valence-electron chi connectivity index (χ3n) is 2.86. The van der Waals surface area contributed by atoms with E-state index in [1.165, 1.54) is 16.4 Å². The van der Waals surface area contributed by atoms with Gasteiger partial charge < -0.3 is 16.6 Å². The van der Waals surface area contributed by atoms with Gasteiger partial charge in [0.2, 0.25) is 10.0 Å². The van der Waals surface area contributed by atoms with Crippen molar-refractivity contribution >= 4 is 21.4 Å². The number of hydrogen-bond donors (Lipinski definition) is 3. The molecule has 1 heterocycles. The van der Waals surface area contributed by atoms with E-state index < -0.39 is 15.8 Å². The molecule has 2 rings (SSSR count). The number of anilines is 2. The molecule has 0 unspecified atom stereocenters. The Hall–Kier alpha value is -1.47. The lowest BCUT2D eigenvalue weighted by Crippen LogP contribution is -2.28. The summed E-state index contributed by atoms with van der Waals surface area (Å²) in [6.07, 6.45) is 1.64. The number of phenolic OH excluding ortho intramolecular Hbond substituents is 1. The normalized spacial score (nSPS) is 17.4. The van der Waals surface area contributed by atoms with Crippen molar-refractivity contribution in [2.24, 2.45) is 0 Å². The van der Waals surface area contributed by atoms with Gasteiger partial charge in [-0.15, -0.1) is 0 Å². The average Bonchev–Trinajstić information content (AvgIpc) is 2.77. The van der Waals surface area contributed by atoms with Gasteiger partial charge in [0.05, 0.1) is 11.4 Å². The van der Waals surface area contributed by atoms with E-state index in [1.807, 2.05) is 0 Å². The maximum atomic E-state index is 12.3. The summed E-state index contributed by atoms with van der Waals surface area (Å²) < 4.78 is 25.8. The fourth-order valence-electron chi connectivity index (χ4n) is 1.93. The molecule has 5 N–H and O–H groups in total. The first-order valence-electron chi connectivity index (χ1n) is 5.31. The second-order valence-corrected chi connectivity index (χ2v) is 5.91. The number of nitrogens with two attached hydrogens (primary N) is 2. The summed E-state index contributed by atoms with van der Waals surface area (Å²) in [5.41, 5.74) is 11.1. The first-order valence-corrected chi connectivity index (χ1v) is 6.75. The minimum atomic E-state index is -3.74. The van der Waals surface area contributed by atoms with Crippen molar-refractivity contribution < 1.29 is 13.5 Å². The third kappa shape index (κ3) is 1.91. The molecule has 0 aliphatic carbocycles. The van der Waals surface area contributed by atoms with Crippen molar-refractivity contribution in [2.45, 2.75) is 17.7 Å². The van der Waals surface area contributed by atoms with Gasteiger partial charge in [-0.3, -0.25) is 0 Å². The van der Waals surface area contributed by atoms with E-state index in [0.29, 0.717) is 13.1 Å². The number of nitrogen functional groups attached to an aromatic ring is 2. The van der Waals surface area contributed by atoms with Gasteiger partial charge in [-0.25, -0.2) is 8.42 Å². The second-order valence-electron chi connectivity index (χ2n) is 4.03. The van der Waals surface area contributed by atoms with Crippen LogP contribution in [-0.4, -0.2) is 30.9 Å². The average molecular weight is 257 g/mol. The molecule has 6 nitrogen and oxygen atoms in total. The molecule has 1 aliphatic heterocycles. The third-order valence-corrected chi connectivity index (χ3v) is 4.85. The summed E-state index contributed by atoms with van der Waals surface area (Å²) in [5, 5.41) is 9.76. The maximum absolute atomic E-state index is 12.3. The number of sulfonamides is 1. The Kier molecular flexibility index (Phi) is 2.88. The first-order chi connectivity index (χ1) is 7.94. The molecule has 0 radical (unpaired) electrons. The summed E-state index contributed by atoms with van der Waals surface area (Å²) in [4.78, 5) is -0.278. The predicted molar refractivity (Wildman–Crippen MR) is 64.9 cm³/mol. The van der Waals surface area contributed by atoms with Crippen LogP contribution in [0.15, 0.2) is 17.0 Å². The summed E-state index contributed by atoms with van der Waals surface area (Å²) in [6.45, 7) is 0.909. The fraction of sp³-hybridized carbons (Fsp3) is 0.400. The molecule has 94 valence electrons. The van der Waals surface area contributed by atoms with E-state index in [9.17, 15) is 13.5 Å². The predicted octanol–water partition coefficient (Wildman–Crippen LogP) is 0.341. The Bertz CT molecular complexity index is 536. The minimum Gasteiger partial charge on any atom is -0.504 e. The van der Waals surface area contributed by atoms with E-state index in [1.54, 1.807) is 0 Å². The summed E-state index contributed by atoms with van der Waals surface area (Å²) in [5.74, 6) is -0.461. The van der Waals surface area contributed by atoms with Gasteiger partial charge in [-0.2, -0.15) is 4.31 Å². The molecule has 1 aliphatic rings.